The van der Waals surface area contributed by atoms with E-state index in [0.717, 1.165) is 35.7 Å². The largest absolute Gasteiger partial charge is 0.340 e. The first-order valence-corrected chi connectivity index (χ1v) is 7.73. The standard InChI is InChI=1S/C15H17BrN2O2/c16-12-5-3-4-11(8-12)9-18-10-13(19)17-15(14(18)20)6-1-2-7-15/h3-5,8H,1-2,6-7,9-10H2,(H,17,19). The molecular weight excluding hydrogens is 320 g/mol. The van der Waals surface area contributed by atoms with Gasteiger partial charge in [0.2, 0.25) is 11.8 Å². The molecule has 4 nitrogen and oxygen atoms in total. The van der Waals surface area contributed by atoms with Crippen molar-refractivity contribution in [3.8, 4) is 0 Å². The van der Waals surface area contributed by atoms with Gasteiger partial charge < -0.3 is 10.2 Å². The van der Waals surface area contributed by atoms with Gasteiger partial charge in [-0.2, -0.15) is 0 Å². The molecule has 3 rings (SSSR count). The van der Waals surface area contributed by atoms with Gasteiger partial charge in [-0.05, 0) is 30.5 Å². The van der Waals surface area contributed by atoms with E-state index in [9.17, 15) is 9.59 Å². The van der Waals surface area contributed by atoms with Crippen molar-refractivity contribution in [2.45, 2.75) is 37.8 Å². The maximum atomic E-state index is 12.7. The second-order valence-electron chi connectivity index (χ2n) is 5.63. The van der Waals surface area contributed by atoms with Crippen LogP contribution in [0.3, 0.4) is 0 Å². The van der Waals surface area contributed by atoms with Crippen LogP contribution in [-0.2, 0) is 16.1 Å². The number of carbonyl (C=O) groups excluding carboxylic acids is 2. The van der Waals surface area contributed by atoms with Gasteiger partial charge in [-0.25, -0.2) is 0 Å². The Morgan fingerprint density at radius 3 is 2.70 bits per heavy atom. The molecule has 0 atom stereocenters. The Kier molecular flexibility index (Phi) is 3.54. The Bertz CT molecular complexity index is 553. The minimum absolute atomic E-state index is 0.0403. The summed E-state index contributed by atoms with van der Waals surface area (Å²) in [6.07, 6.45) is 3.56. The van der Waals surface area contributed by atoms with Crippen molar-refractivity contribution in [3.63, 3.8) is 0 Å². The quantitative estimate of drug-likeness (QED) is 0.900. The van der Waals surface area contributed by atoms with Crippen molar-refractivity contribution in [1.82, 2.24) is 10.2 Å². The molecule has 5 heteroatoms. The fraction of sp³-hybridized carbons (Fsp3) is 0.467. The van der Waals surface area contributed by atoms with Gasteiger partial charge >= 0.3 is 0 Å². The zero-order chi connectivity index (χ0) is 14.2. The summed E-state index contributed by atoms with van der Waals surface area (Å²) >= 11 is 3.43. The van der Waals surface area contributed by atoms with Crippen molar-refractivity contribution in [1.29, 1.82) is 0 Å². The third kappa shape index (κ3) is 2.46. The van der Waals surface area contributed by atoms with E-state index < -0.39 is 5.54 Å². The molecule has 1 spiro atoms. The smallest absolute Gasteiger partial charge is 0.249 e. The molecule has 0 aromatic heterocycles. The topological polar surface area (TPSA) is 49.4 Å². The molecule has 1 aromatic rings. The van der Waals surface area contributed by atoms with Crippen LogP contribution in [0.2, 0.25) is 0 Å². The summed E-state index contributed by atoms with van der Waals surface area (Å²) in [6, 6.07) is 7.86. The molecule has 1 aromatic carbocycles. The minimum Gasteiger partial charge on any atom is -0.340 e. The molecule has 0 bridgehead atoms. The summed E-state index contributed by atoms with van der Waals surface area (Å²) in [5, 5.41) is 2.93. The van der Waals surface area contributed by atoms with Gasteiger partial charge in [0.1, 0.15) is 5.54 Å². The first-order valence-electron chi connectivity index (χ1n) is 6.94. The molecule has 1 saturated heterocycles. The maximum absolute atomic E-state index is 12.7. The highest BCUT2D eigenvalue weighted by atomic mass is 79.9. The SMILES string of the molecule is O=C1CN(Cc2cccc(Br)c2)C(=O)C2(CCCC2)N1. The van der Waals surface area contributed by atoms with Crippen molar-refractivity contribution < 1.29 is 9.59 Å². The van der Waals surface area contributed by atoms with Crippen molar-refractivity contribution in [2.75, 3.05) is 6.54 Å². The van der Waals surface area contributed by atoms with Gasteiger partial charge in [0.05, 0.1) is 6.54 Å². The van der Waals surface area contributed by atoms with E-state index in [0.29, 0.717) is 6.54 Å². The lowest BCUT2D eigenvalue weighted by molar-refractivity contribution is -0.150. The van der Waals surface area contributed by atoms with E-state index in [-0.39, 0.29) is 18.4 Å². The van der Waals surface area contributed by atoms with E-state index in [1.54, 1.807) is 4.90 Å². The van der Waals surface area contributed by atoms with Crippen LogP contribution in [0.1, 0.15) is 31.2 Å². The molecule has 1 heterocycles. The summed E-state index contributed by atoms with van der Waals surface area (Å²) in [4.78, 5) is 26.3. The van der Waals surface area contributed by atoms with Crippen LogP contribution in [0.15, 0.2) is 28.7 Å². The average Bonchev–Trinajstić information content (AvgIpc) is 2.85. The second kappa shape index (κ2) is 5.20. The normalized spacial score (nSPS) is 21.4. The molecule has 2 aliphatic rings. The number of halogens is 1. The molecule has 0 radical (unpaired) electrons. The molecule has 1 N–H and O–H groups in total. The Morgan fingerprint density at radius 1 is 1.25 bits per heavy atom. The lowest BCUT2D eigenvalue weighted by Gasteiger charge is -2.39. The van der Waals surface area contributed by atoms with Crippen LogP contribution in [0.25, 0.3) is 0 Å². The van der Waals surface area contributed by atoms with Crippen LogP contribution >= 0.6 is 15.9 Å². The van der Waals surface area contributed by atoms with E-state index in [1.807, 2.05) is 24.3 Å². The third-order valence-corrected chi connectivity index (χ3v) is 4.62. The monoisotopic (exact) mass is 336 g/mol. The number of nitrogens with one attached hydrogen (secondary N) is 1. The van der Waals surface area contributed by atoms with Crippen LogP contribution in [0.4, 0.5) is 0 Å². The summed E-state index contributed by atoms with van der Waals surface area (Å²) in [6.45, 7) is 0.653. The Hall–Kier alpha value is -1.36. The highest BCUT2D eigenvalue weighted by Gasteiger charge is 2.48. The highest BCUT2D eigenvalue weighted by molar-refractivity contribution is 9.10. The number of hydrogen-bond acceptors (Lipinski definition) is 2. The molecule has 0 unspecified atom stereocenters. The number of amides is 2. The summed E-state index contributed by atoms with van der Waals surface area (Å²) < 4.78 is 0.986. The second-order valence-corrected chi connectivity index (χ2v) is 6.54. The fourth-order valence-corrected chi connectivity index (χ4v) is 3.66. The van der Waals surface area contributed by atoms with Gasteiger partial charge in [0.15, 0.2) is 0 Å². The lowest BCUT2D eigenvalue weighted by Crippen LogP contribution is -2.65. The highest BCUT2D eigenvalue weighted by Crippen LogP contribution is 2.33. The van der Waals surface area contributed by atoms with E-state index in [1.165, 1.54) is 0 Å². The predicted molar refractivity (Wildman–Crippen MR) is 78.9 cm³/mol. The summed E-state index contributed by atoms with van der Waals surface area (Å²) in [5.41, 5.74) is 0.414. The van der Waals surface area contributed by atoms with Gasteiger partial charge in [0, 0.05) is 11.0 Å². The van der Waals surface area contributed by atoms with Gasteiger partial charge in [-0.1, -0.05) is 40.9 Å². The minimum atomic E-state index is -0.624. The number of benzene rings is 1. The molecule has 106 valence electrons. The fourth-order valence-electron chi connectivity index (χ4n) is 3.21. The molecule has 1 saturated carbocycles. The van der Waals surface area contributed by atoms with Crippen LogP contribution < -0.4 is 5.32 Å². The number of rotatable bonds is 2. The predicted octanol–water partition coefficient (Wildman–Crippen LogP) is 2.22. The maximum Gasteiger partial charge on any atom is 0.249 e. The number of carbonyl (C=O) groups is 2. The molecule has 2 amide bonds. The summed E-state index contributed by atoms with van der Waals surface area (Å²) in [5.74, 6) is 0.0380. The van der Waals surface area contributed by atoms with E-state index >= 15 is 0 Å². The summed E-state index contributed by atoms with van der Waals surface area (Å²) in [7, 11) is 0. The van der Waals surface area contributed by atoms with E-state index in [2.05, 4.69) is 21.2 Å². The Morgan fingerprint density at radius 2 is 2.00 bits per heavy atom. The molecule has 1 aliphatic heterocycles. The average molecular weight is 337 g/mol. The lowest BCUT2D eigenvalue weighted by atomic mass is 9.93. The number of hydrogen-bond donors (Lipinski definition) is 1. The first kappa shape index (κ1) is 13.6. The van der Waals surface area contributed by atoms with Crippen molar-refractivity contribution in [3.05, 3.63) is 34.3 Å². The van der Waals surface area contributed by atoms with Gasteiger partial charge in [-0.15, -0.1) is 0 Å². The first-order chi connectivity index (χ1) is 9.59. The van der Waals surface area contributed by atoms with Crippen LogP contribution in [0.5, 0.6) is 0 Å². The molecule has 1 aliphatic carbocycles. The zero-order valence-electron chi connectivity index (χ0n) is 11.2. The number of piperazine rings is 1. The molecule has 20 heavy (non-hydrogen) atoms. The molecule has 2 fully saturated rings. The van der Waals surface area contributed by atoms with Gasteiger partial charge in [0.25, 0.3) is 0 Å². The Balaban J connectivity index is 1.81. The zero-order valence-corrected chi connectivity index (χ0v) is 12.8. The molecular formula is C15H17BrN2O2. The van der Waals surface area contributed by atoms with Crippen LogP contribution in [0, 0.1) is 0 Å². The third-order valence-electron chi connectivity index (χ3n) is 4.13. The van der Waals surface area contributed by atoms with Crippen LogP contribution in [-0.4, -0.2) is 28.8 Å². The Labute approximate surface area is 126 Å². The van der Waals surface area contributed by atoms with Crippen molar-refractivity contribution >= 4 is 27.7 Å². The van der Waals surface area contributed by atoms with Gasteiger partial charge in [-0.3, -0.25) is 9.59 Å². The van der Waals surface area contributed by atoms with Crippen molar-refractivity contribution in [2.24, 2.45) is 0 Å². The van der Waals surface area contributed by atoms with E-state index in [4.69, 9.17) is 0 Å². The number of nitrogens with zero attached hydrogens (tertiary/aromatic N) is 1.